The number of nitrogens with zero attached hydrogens (tertiary/aromatic N) is 2. The Labute approximate surface area is 151 Å². The fourth-order valence-electron chi connectivity index (χ4n) is 3.28. The van der Waals surface area contributed by atoms with Crippen molar-refractivity contribution in [1.82, 2.24) is 9.55 Å². The average Bonchev–Trinajstić information content (AvgIpc) is 3.25. The first-order valence-corrected chi connectivity index (χ1v) is 9.58. The maximum Gasteiger partial charge on any atom is 0.256 e. The van der Waals surface area contributed by atoms with E-state index in [4.69, 9.17) is 0 Å². The molecule has 0 saturated heterocycles. The number of thioether (sulfide) groups is 1. The Hall–Kier alpha value is -2.53. The Bertz CT molecular complexity index is 932. The van der Waals surface area contributed by atoms with E-state index >= 15 is 0 Å². The number of amides is 1. The van der Waals surface area contributed by atoms with E-state index in [-0.39, 0.29) is 5.91 Å². The van der Waals surface area contributed by atoms with Gasteiger partial charge in [0.1, 0.15) is 5.82 Å². The maximum absolute atomic E-state index is 12.6. The van der Waals surface area contributed by atoms with Gasteiger partial charge in [-0.3, -0.25) is 4.79 Å². The number of benzene rings is 2. The van der Waals surface area contributed by atoms with Gasteiger partial charge < -0.3 is 9.88 Å². The highest BCUT2D eigenvalue weighted by molar-refractivity contribution is 7.98. The van der Waals surface area contributed by atoms with Gasteiger partial charge in [0.25, 0.3) is 5.91 Å². The monoisotopic (exact) mass is 349 g/mol. The highest BCUT2D eigenvalue weighted by atomic mass is 32.2. The predicted octanol–water partition coefficient (Wildman–Crippen LogP) is 4.47. The molecule has 0 radical (unpaired) electrons. The van der Waals surface area contributed by atoms with Crippen molar-refractivity contribution in [2.24, 2.45) is 0 Å². The second-order valence-corrected chi connectivity index (χ2v) is 6.90. The minimum atomic E-state index is -0.0828. The van der Waals surface area contributed by atoms with Crippen LogP contribution in [0.1, 0.15) is 22.6 Å². The highest BCUT2D eigenvalue weighted by Crippen LogP contribution is 2.28. The lowest BCUT2D eigenvalue weighted by Crippen LogP contribution is -2.13. The van der Waals surface area contributed by atoms with Crippen LogP contribution in [0.2, 0.25) is 0 Å². The van der Waals surface area contributed by atoms with Crippen molar-refractivity contribution in [3.05, 3.63) is 66.1 Å². The maximum atomic E-state index is 12.6. The fraction of sp³-hybridized carbons (Fsp3) is 0.200. The van der Waals surface area contributed by atoms with Gasteiger partial charge in [0.2, 0.25) is 0 Å². The number of aryl methyl sites for hydroxylation is 1. The fourth-order valence-corrected chi connectivity index (χ4v) is 3.87. The van der Waals surface area contributed by atoms with Crippen molar-refractivity contribution < 1.29 is 4.79 Å². The van der Waals surface area contributed by atoms with Crippen LogP contribution >= 0.6 is 11.8 Å². The Kier molecular flexibility index (Phi) is 4.32. The minimum Gasteiger partial charge on any atom is -0.328 e. The third-order valence-corrected chi connectivity index (χ3v) is 5.28. The Balaban J connectivity index is 1.61. The van der Waals surface area contributed by atoms with Crippen LogP contribution in [0.3, 0.4) is 0 Å². The van der Waals surface area contributed by atoms with Gasteiger partial charge in [-0.1, -0.05) is 24.3 Å². The molecule has 1 aliphatic heterocycles. The van der Waals surface area contributed by atoms with E-state index in [0.717, 1.165) is 47.1 Å². The summed E-state index contributed by atoms with van der Waals surface area (Å²) in [7, 11) is 0. The number of carbonyl (C=O) groups excluding carboxylic acids is 1. The van der Waals surface area contributed by atoms with Crippen LogP contribution in [0.15, 0.2) is 59.6 Å². The summed E-state index contributed by atoms with van der Waals surface area (Å²) in [5.74, 6) is 1.07. The molecule has 5 heteroatoms. The number of hydrogen-bond acceptors (Lipinski definition) is 3. The van der Waals surface area contributed by atoms with Gasteiger partial charge in [0.05, 0.1) is 17.5 Å². The Morgan fingerprint density at radius 2 is 2.08 bits per heavy atom. The largest absolute Gasteiger partial charge is 0.328 e. The molecule has 0 spiro atoms. The molecule has 1 amide bonds. The lowest BCUT2D eigenvalue weighted by atomic mass is 10.1. The normalized spacial score (nSPS) is 12.8. The summed E-state index contributed by atoms with van der Waals surface area (Å²) in [6.07, 6.45) is 6.10. The third-order valence-electron chi connectivity index (χ3n) is 4.49. The van der Waals surface area contributed by atoms with E-state index in [2.05, 4.69) is 20.9 Å². The number of hydrogen-bond donors (Lipinski definition) is 1. The molecule has 1 aliphatic rings. The van der Waals surface area contributed by atoms with E-state index in [0.29, 0.717) is 5.56 Å². The van der Waals surface area contributed by atoms with Crippen LogP contribution < -0.4 is 5.32 Å². The molecule has 0 fully saturated rings. The smallest absolute Gasteiger partial charge is 0.256 e. The van der Waals surface area contributed by atoms with Crippen molar-refractivity contribution >= 4 is 23.4 Å². The zero-order chi connectivity index (χ0) is 17.2. The van der Waals surface area contributed by atoms with Crippen molar-refractivity contribution in [1.29, 1.82) is 0 Å². The Morgan fingerprint density at radius 1 is 1.20 bits per heavy atom. The van der Waals surface area contributed by atoms with Crippen LogP contribution in [-0.2, 0) is 13.0 Å². The molecule has 1 N–H and O–H groups in total. The molecule has 0 saturated carbocycles. The molecule has 3 aromatic rings. The van der Waals surface area contributed by atoms with Crippen LogP contribution in [0.5, 0.6) is 0 Å². The molecular formula is C20H19N3OS. The quantitative estimate of drug-likeness (QED) is 0.707. The molecule has 0 atom stereocenters. The molecular weight excluding hydrogens is 330 g/mol. The number of fused-ring (bicyclic) bond motifs is 1. The van der Waals surface area contributed by atoms with Crippen LogP contribution in [-0.4, -0.2) is 21.7 Å². The van der Waals surface area contributed by atoms with Gasteiger partial charge in [-0.25, -0.2) is 4.98 Å². The first-order valence-electron chi connectivity index (χ1n) is 8.35. The van der Waals surface area contributed by atoms with Crippen LogP contribution in [0.4, 0.5) is 5.69 Å². The van der Waals surface area contributed by atoms with Crippen molar-refractivity contribution in [2.75, 3.05) is 11.6 Å². The summed E-state index contributed by atoms with van der Waals surface area (Å²) in [6, 6.07) is 15.6. The lowest BCUT2D eigenvalue weighted by Gasteiger charge is -2.10. The molecule has 126 valence electrons. The second kappa shape index (κ2) is 6.76. The average molecular weight is 349 g/mol. The SMILES string of the molecule is CSc1ccccc1C(=O)Nc1cccc(-c2cnc3n2CCC3)c1. The van der Waals surface area contributed by atoms with E-state index < -0.39 is 0 Å². The topological polar surface area (TPSA) is 46.9 Å². The summed E-state index contributed by atoms with van der Waals surface area (Å²) >= 11 is 1.58. The number of carbonyl (C=O) groups is 1. The zero-order valence-corrected chi connectivity index (χ0v) is 14.8. The van der Waals surface area contributed by atoms with Gasteiger partial charge in [-0.05, 0) is 36.9 Å². The van der Waals surface area contributed by atoms with Crippen molar-refractivity contribution in [3.8, 4) is 11.3 Å². The van der Waals surface area contributed by atoms with Crippen molar-refractivity contribution in [3.63, 3.8) is 0 Å². The summed E-state index contributed by atoms with van der Waals surface area (Å²) in [6.45, 7) is 1.02. The Morgan fingerprint density at radius 3 is 2.96 bits per heavy atom. The second-order valence-electron chi connectivity index (χ2n) is 6.05. The summed E-state index contributed by atoms with van der Waals surface area (Å²) in [5, 5.41) is 3.02. The number of rotatable bonds is 4. The van der Waals surface area contributed by atoms with Gasteiger partial charge in [-0.15, -0.1) is 11.8 Å². The zero-order valence-electron chi connectivity index (χ0n) is 14.0. The minimum absolute atomic E-state index is 0.0828. The number of nitrogens with one attached hydrogen (secondary N) is 1. The summed E-state index contributed by atoms with van der Waals surface area (Å²) < 4.78 is 2.27. The highest BCUT2D eigenvalue weighted by Gasteiger charge is 2.17. The van der Waals surface area contributed by atoms with Gasteiger partial charge in [0.15, 0.2) is 0 Å². The predicted molar refractivity (Wildman–Crippen MR) is 102 cm³/mol. The molecule has 0 bridgehead atoms. The lowest BCUT2D eigenvalue weighted by molar-refractivity contribution is 0.102. The van der Waals surface area contributed by atoms with Gasteiger partial charge in [-0.2, -0.15) is 0 Å². The summed E-state index contributed by atoms with van der Waals surface area (Å²) in [4.78, 5) is 18.1. The number of imidazole rings is 1. The molecule has 1 aromatic heterocycles. The van der Waals surface area contributed by atoms with E-state index in [1.807, 2.05) is 54.9 Å². The van der Waals surface area contributed by atoms with Crippen LogP contribution in [0, 0.1) is 0 Å². The number of aromatic nitrogens is 2. The van der Waals surface area contributed by atoms with E-state index in [1.54, 1.807) is 11.8 Å². The molecule has 0 aliphatic carbocycles. The standard InChI is InChI=1S/C20H19N3OS/c1-25-18-9-3-2-8-16(18)20(24)22-15-7-4-6-14(12-15)17-13-21-19-10-5-11-23(17)19/h2-4,6-9,12-13H,5,10-11H2,1H3,(H,22,24). The van der Waals surface area contributed by atoms with Gasteiger partial charge >= 0.3 is 0 Å². The molecule has 2 heterocycles. The van der Waals surface area contributed by atoms with E-state index in [9.17, 15) is 4.79 Å². The van der Waals surface area contributed by atoms with Crippen LogP contribution in [0.25, 0.3) is 11.3 Å². The first-order chi connectivity index (χ1) is 12.3. The van der Waals surface area contributed by atoms with Crippen molar-refractivity contribution in [2.45, 2.75) is 24.3 Å². The third kappa shape index (κ3) is 3.07. The molecule has 0 unspecified atom stereocenters. The van der Waals surface area contributed by atoms with E-state index in [1.165, 1.54) is 0 Å². The summed E-state index contributed by atoms with van der Waals surface area (Å²) in [5.41, 5.74) is 3.70. The molecule has 2 aromatic carbocycles. The number of anilines is 1. The molecule has 25 heavy (non-hydrogen) atoms. The van der Waals surface area contributed by atoms with Gasteiger partial charge in [0, 0.05) is 29.1 Å². The molecule has 4 nitrogen and oxygen atoms in total. The molecule has 4 rings (SSSR count). The first kappa shape index (κ1) is 16.0.